The molecule has 0 aliphatic carbocycles. The Morgan fingerprint density at radius 2 is 2.12 bits per heavy atom. The number of aromatic nitrogens is 1. The molecule has 1 aromatic rings. The largest absolute Gasteiger partial charge is 0.382 e. The Morgan fingerprint density at radius 1 is 1.41 bits per heavy atom. The summed E-state index contributed by atoms with van der Waals surface area (Å²) in [7, 11) is -3.38. The van der Waals surface area contributed by atoms with Crippen LogP contribution in [0.25, 0.3) is 0 Å². The summed E-state index contributed by atoms with van der Waals surface area (Å²) in [5.41, 5.74) is 5.44. The highest BCUT2D eigenvalue weighted by Gasteiger charge is 2.20. The van der Waals surface area contributed by atoms with E-state index in [2.05, 4.69) is 11.9 Å². The molecule has 0 unspecified atom stereocenters. The van der Waals surface area contributed by atoms with E-state index in [1.165, 1.54) is 0 Å². The topological polar surface area (TPSA) is 96.8 Å². The first-order chi connectivity index (χ1) is 8.01. The highest BCUT2D eigenvalue weighted by atomic mass is 32.2. The van der Waals surface area contributed by atoms with Gasteiger partial charge in [-0.05, 0) is 6.42 Å². The second-order valence-electron chi connectivity index (χ2n) is 3.69. The van der Waals surface area contributed by atoms with Crippen molar-refractivity contribution >= 4 is 27.0 Å². The molecule has 0 aliphatic heterocycles. The minimum Gasteiger partial charge on any atom is -0.382 e. The summed E-state index contributed by atoms with van der Waals surface area (Å²) in [6, 6.07) is 1.83. The van der Waals surface area contributed by atoms with E-state index in [-0.39, 0.29) is 20.8 Å². The Labute approximate surface area is 105 Å². The van der Waals surface area contributed by atoms with E-state index < -0.39 is 9.84 Å². The van der Waals surface area contributed by atoms with Crippen LogP contribution >= 0.6 is 11.3 Å². The normalized spacial score (nSPS) is 11.3. The molecule has 2 N–H and O–H groups in total. The molecule has 0 spiro atoms. The number of thiazole rings is 1. The number of hydrogen-bond acceptors (Lipinski definition) is 6. The number of rotatable bonds is 6. The van der Waals surface area contributed by atoms with Crippen LogP contribution in [0.15, 0.2) is 4.34 Å². The number of anilines is 1. The van der Waals surface area contributed by atoms with E-state index in [1.54, 1.807) is 0 Å². The average molecular weight is 273 g/mol. The Hall–Kier alpha value is -1.13. The summed E-state index contributed by atoms with van der Waals surface area (Å²) >= 11 is 0.845. The maximum Gasteiger partial charge on any atom is 0.212 e. The lowest BCUT2D eigenvalue weighted by Gasteiger charge is -1.99. The lowest BCUT2D eigenvalue weighted by atomic mass is 10.2. The fourth-order valence-corrected chi connectivity index (χ4v) is 3.85. The van der Waals surface area contributed by atoms with E-state index in [9.17, 15) is 8.42 Å². The Bertz CT molecular complexity index is 514. The van der Waals surface area contributed by atoms with Crippen molar-refractivity contribution in [2.24, 2.45) is 0 Å². The van der Waals surface area contributed by atoms with Crippen LogP contribution in [0.2, 0.25) is 0 Å². The SMILES string of the molecule is CCCCCCS(=O)(=O)c1nc(N)c(C#N)s1. The quantitative estimate of drug-likeness (QED) is 0.799. The molecule has 0 fully saturated rings. The van der Waals surface area contributed by atoms with Crippen LogP contribution in [-0.4, -0.2) is 19.2 Å². The second kappa shape index (κ2) is 5.98. The molecule has 0 atom stereocenters. The molecule has 0 aliphatic rings. The maximum atomic E-state index is 11.9. The van der Waals surface area contributed by atoms with Crippen LogP contribution in [0.1, 0.15) is 37.5 Å². The van der Waals surface area contributed by atoms with Gasteiger partial charge in [-0.1, -0.05) is 37.5 Å². The van der Waals surface area contributed by atoms with Crippen molar-refractivity contribution < 1.29 is 8.42 Å². The van der Waals surface area contributed by atoms with Crippen molar-refractivity contribution in [1.29, 1.82) is 5.26 Å². The smallest absolute Gasteiger partial charge is 0.212 e. The molecule has 17 heavy (non-hydrogen) atoms. The van der Waals surface area contributed by atoms with Crippen LogP contribution < -0.4 is 5.73 Å². The molecule has 1 heterocycles. The fraction of sp³-hybridized carbons (Fsp3) is 0.600. The predicted octanol–water partition coefficient (Wildman–Crippen LogP) is 1.95. The van der Waals surface area contributed by atoms with E-state index in [4.69, 9.17) is 11.0 Å². The van der Waals surface area contributed by atoms with Crippen molar-refractivity contribution in [2.75, 3.05) is 11.5 Å². The van der Waals surface area contributed by atoms with Crippen molar-refractivity contribution in [3.8, 4) is 6.07 Å². The average Bonchev–Trinajstić information content (AvgIpc) is 2.67. The zero-order valence-corrected chi connectivity index (χ0v) is 11.3. The standard InChI is InChI=1S/C10H15N3O2S2/c1-2-3-4-5-6-17(14,15)10-13-9(12)8(7-11)16-10/h2-6,12H2,1H3. The van der Waals surface area contributed by atoms with Gasteiger partial charge in [-0.15, -0.1) is 0 Å². The third-order valence-electron chi connectivity index (χ3n) is 2.27. The Morgan fingerprint density at radius 3 is 2.65 bits per heavy atom. The van der Waals surface area contributed by atoms with Crippen molar-refractivity contribution in [2.45, 2.75) is 36.9 Å². The predicted molar refractivity (Wildman–Crippen MR) is 67.4 cm³/mol. The van der Waals surface area contributed by atoms with Crippen molar-refractivity contribution in [3.63, 3.8) is 0 Å². The first-order valence-electron chi connectivity index (χ1n) is 5.40. The Balaban J connectivity index is 2.73. The van der Waals surface area contributed by atoms with E-state index in [0.29, 0.717) is 6.42 Å². The molecule has 1 rings (SSSR count). The summed E-state index contributed by atoms with van der Waals surface area (Å²) in [4.78, 5) is 3.90. The number of nitrogen functional groups attached to an aromatic ring is 1. The van der Waals surface area contributed by atoms with E-state index in [1.807, 2.05) is 6.07 Å². The lowest BCUT2D eigenvalue weighted by Crippen LogP contribution is -2.06. The number of nitrogens with zero attached hydrogens (tertiary/aromatic N) is 2. The molecule has 0 bridgehead atoms. The molecule has 94 valence electrons. The first kappa shape index (κ1) is 13.9. The number of unbranched alkanes of at least 4 members (excludes halogenated alkanes) is 3. The maximum absolute atomic E-state index is 11.9. The summed E-state index contributed by atoms with van der Waals surface area (Å²) in [6.45, 7) is 2.06. The summed E-state index contributed by atoms with van der Waals surface area (Å²) in [6.07, 6.45) is 3.60. The molecule has 0 saturated carbocycles. The number of nitrogens with two attached hydrogens (primary N) is 1. The molecule has 0 radical (unpaired) electrons. The monoisotopic (exact) mass is 273 g/mol. The second-order valence-corrected chi connectivity index (χ2v) is 6.97. The lowest BCUT2D eigenvalue weighted by molar-refractivity contribution is 0.588. The number of sulfone groups is 1. The van der Waals surface area contributed by atoms with Crippen LogP contribution in [0.5, 0.6) is 0 Å². The van der Waals surface area contributed by atoms with Gasteiger partial charge in [0.15, 0.2) is 5.82 Å². The molecule has 0 saturated heterocycles. The van der Waals surface area contributed by atoms with Gasteiger partial charge in [0.25, 0.3) is 0 Å². The molecular formula is C10H15N3O2S2. The van der Waals surface area contributed by atoms with Gasteiger partial charge < -0.3 is 5.73 Å². The van der Waals surface area contributed by atoms with Crippen molar-refractivity contribution in [1.82, 2.24) is 4.98 Å². The van der Waals surface area contributed by atoms with Gasteiger partial charge in [-0.25, -0.2) is 13.4 Å². The first-order valence-corrected chi connectivity index (χ1v) is 7.87. The van der Waals surface area contributed by atoms with Gasteiger partial charge in [0.1, 0.15) is 10.9 Å². The van der Waals surface area contributed by atoms with Crippen LogP contribution in [0.3, 0.4) is 0 Å². The van der Waals surface area contributed by atoms with Crippen LogP contribution in [0.4, 0.5) is 5.82 Å². The molecule has 7 heteroatoms. The third kappa shape index (κ3) is 3.68. The third-order valence-corrected chi connectivity index (χ3v) is 5.50. The minimum atomic E-state index is -3.38. The van der Waals surface area contributed by atoms with Crippen molar-refractivity contribution in [3.05, 3.63) is 4.88 Å². The fourth-order valence-electron chi connectivity index (χ4n) is 1.33. The Kier molecular flexibility index (Phi) is 4.90. The molecule has 0 aromatic carbocycles. The summed E-state index contributed by atoms with van der Waals surface area (Å²) < 4.78 is 23.7. The van der Waals surface area contributed by atoms with Gasteiger partial charge in [0.05, 0.1) is 5.75 Å². The highest BCUT2D eigenvalue weighted by Crippen LogP contribution is 2.24. The zero-order chi connectivity index (χ0) is 12.9. The summed E-state index contributed by atoms with van der Waals surface area (Å²) in [5, 5.41) is 8.69. The van der Waals surface area contributed by atoms with E-state index >= 15 is 0 Å². The van der Waals surface area contributed by atoms with Gasteiger partial charge >= 0.3 is 0 Å². The molecular weight excluding hydrogens is 258 g/mol. The summed E-state index contributed by atoms with van der Waals surface area (Å²) in [5.74, 6) is 0.0785. The van der Waals surface area contributed by atoms with Gasteiger partial charge in [0.2, 0.25) is 14.2 Å². The van der Waals surface area contributed by atoms with E-state index in [0.717, 1.165) is 30.6 Å². The minimum absolute atomic E-state index is 0.00429. The zero-order valence-electron chi connectivity index (χ0n) is 9.64. The number of hydrogen-bond donors (Lipinski definition) is 1. The molecule has 0 amide bonds. The number of nitriles is 1. The van der Waals surface area contributed by atoms with Gasteiger partial charge in [-0.2, -0.15) is 5.26 Å². The molecule has 1 aromatic heterocycles. The molecule has 5 nitrogen and oxygen atoms in total. The highest BCUT2D eigenvalue weighted by molar-refractivity contribution is 7.93. The van der Waals surface area contributed by atoms with Crippen LogP contribution in [-0.2, 0) is 9.84 Å². The van der Waals surface area contributed by atoms with Gasteiger partial charge in [-0.3, -0.25) is 0 Å². The van der Waals surface area contributed by atoms with Crippen LogP contribution in [0, 0.1) is 11.3 Å². The van der Waals surface area contributed by atoms with Gasteiger partial charge in [0, 0.05) is 0 Å².